The Morgan fingerprint density at radius 1 is 1.33 bits per heavy atom. The third kappa shape index (κ3) is 1.93. The van der Waals surface area contributed by atoms with Crippen molar-refractivity contribution in [2.24, 2.45) is 7.05 Å². The van der Waals surface area contributed by atoms with E-state index in [1.165, 1.54) is 6.33 Å². The van der Waals surface area contributed by atoms with Gasteiger partial charge in [0, 0.05) is 18.8 Å². The summed E-state index contributed by atoms with van der Waals surface area (Å²) in [4.78, 5) is 11.4. The minimum Gasteiger partial charge on any atom is -0.336 e. The van der Waals surface area contributed by atoms with E-state index in [1.54, 1.807) is 16.9 Å². The van der Waals surface area contributed by atoms with E-state index >= 15 is 0 Å². The molecule has 7 nitrogen and oxygen atoms in total. The van der Waals surface area contributed by atoms with Gasteiger partial charge in [0.2, 0.25) is 0 Å². The van der Waals surface area contributed by atoms with Crippen LogP contribution in [-0.2, 0) is 7.05 Å². The summed E-state index contributed by atoms with van der Waals surface area (Å²) in [5.41, 5.74) is 1.78. The number of hydrogen-bond acceptors (Lipinski definition) is 5. The minimum atomic E-state index is 0.485. The van der Waals surface area contributed by atoms with Crippen LogP contribution in [0.25, 0.3) is 22.9 Å². The number of nitrogens with zero attached hydrogens (tertiary/aromatic N) is 5. The highest BCUT2D eigenvalue weighted by atomic mass is 32.1. The first-order chi connectivity index (χ1) is 8.72. The molecule has 8 heteroatoms. The molecule has 0 atom stereocenters. The highest BCUT2D eigenvalue weighted by molar-refractivity contribution is 7.71. The first-order valence-electron chi connectivity index (χ1n) is 5.18. The van der Waals surface area contributed by atoms with Gasteiger partial charge in [0.25, 0.3) is 0 Å². The van der Waals surface area contributed by atoms with Gasteiger partial charge < -0.3 is 4.98 Å². The van der Waals surface area contributed by atoms with E-state index in [2.05, 4.69) is 30.2 Å². The molecule has 0 fully saturated rings. The summed E-state index contributed by atoms with van der Waals surface area (Å²) in [5.74, 6) is 1.10. The van der Waals surface area contributed by atoms with Crippen LogP contribution in [-0.4, -0.2) is 34.9 Å². The van der Waals surface area contributed by atoms with Crippen LogP contribution in [0.15, 0.2) is 24.8 Å². The fraction of sp³-hybridized carbons (Fsp3) is 0.100. The standard InChI is InChI=1S/C10H9N7S/c1-17-4-6(3-13-17)7-2-8(18)15-10(14-7)9-11-5-12-16-9/h2-5H,1H3,(H,11,12,16)(H,14,15,18). The fourth-order valence-corrected chi connectivity index (χ4v) is 1.81. The Hall–Kier alpha value is -2.35. The molecule has 0 aliphatic carbocycles. The van der Waals surface area contributed by atoms with Gasteiger partial charge in [0.1, 0.15) is 11.0 Å². The van der Waals surface area contributed by atoms with Gasteiger partial charge in [-0.25, -0.2) is 9.97 Å². The Balaban J connectivity index is 2.15. The molecule has 3 aromatic heterocycles. The molecule has 0 radical (unpaired) electrons. The predicted molar refractivity (Wildman–Crippen MR) is 67.0 cm³/mol. The van der Waals surface area contributed by atoms with Crippen molar-refractivity contribution >= 4 is 12.2 Å². The van der Waals surface area contributed by atoms with Crippen molar-refractivity contribution in [2.45, 2.75) is 0 Å². The van der Waals surface area contributed by atoms with Gasteiger partial charge in [0.15, 0.2) is 11.6 Å². The third-order valence-electron chi connectivity index (χ3n) is 2.40. The summed E-state index contributed by atoms with van der Waals surface area (Å²) in [6.45, 7) is 0. The molecule has 3 aromatic rings. The van der Waals surface area contributed by atoms with Crippen molar-refractivity contribution in [2.75, 3.05) is 0 Å². The maximum Gasteiger partial charge on any atom is 0.191 e. The van der Waals surface area contributed by atoms with Gasteiger partial charge in [0.05, 0.1) is 11.9 Å². The lowest BCUT2D eigenvalue weighted by molar-refractivity contribution is 0.768. The van der Waals surface area contributed by atoms with Crippen molar-refractivity contribution in [3.05, 3.63) is 29.4 Å². The Bertz CT molecular complexity index is 725. The van der Waals surface area contributed by atoms with Crippen LogP contribution in [0.2, 0.25) is 0 Å². The molecule has 0 amide bonds. The van der Waals surface area contributed by atoms with Gasteiger partial charge >= 0.3 is 0 Å². The number of hydrogen-bond donors (Lipinski definition) is 2. The summed E-state index contributed by atoms with van der Waals surface area (Å²) >= 11 is 5.15. The van der Waals surface area contributed by atoms with Crippen molar-refractivity contribution in [1.82, 2.24) is 34.9 Å². The molecule has 18 heavy (non-hydrogen) atoms. The molecule has 0 unspecified atom stereocenters. The summed E-state index contributed by atoms with van der Waals surface area (Å²) in [7, 11) is 1.86. The van der Waals surface area contributed by atoms with E-state index in [4.69, 9.17) is 12.2 Å². The molecular weight excluding hydrogens is 250 g/mol. The molecule has 3 heterocycles. The van der Waals surface area contributed by atoms with Gasteiger partial charge in [-0.05, 0) is 6.07 Å². The Kier molecular flexibility index (Phi) is 2.49. The molecule has 0 aliphatic rings. The van der Waals surface area contributed by atoms with E-state index in [1.807, 2.05) is 13.2 Å². The maximum absolute atomic E-state index is 5.15. The van der Waals surface area contributed by atoms with Crippen molar-refractivity contribution in [1.29, 1.82) is 0 Å². The van der Waals surface area contributed by atoms with Crippen molar-refractivity contribution in [3.8, 4) is 22.9 Å². The summed E-state index contributed by atoms with van der Waals surface area (Å²) < 4.78 is 2.21. The number of aryl methyl sites for hydroxylation is 1. The highest BCUT2D eigenvalue weighted by Crippen LogP contribution is 2.18. The fourth-order valence-electron chi connectivity index (χ4n) is 1.61. The number of aromatic amines is 2. The van der Waals surface area contributed by atoms with Crippen LogP contribution in [0.4, 0.5) is 0 Å². The lowest BCUT2D eigenvalue weighted by atomic mass is 10.2. The largest absolute Gasteiger partial charge is 0.336 e. The van der Waals surface area contributed by atoms with Crippen LogP contribution in [0, 0.1) is 4.64 Å². The van der Waals surface area contributed by atoms with Crippen LogP contribution < -0.4 is 0 Å². The normalized spacial score (nSPS) is 10.7. The molecule has 0 saturated heterocycles. The minimum absolute atomic E-state index is 0.485. The van der Waals surface area contributed by atoms with Gasteiger partial charge in [-0.1, -0.05) is 12.2 Å². The van der Waals surface area contributed by atoms with E-state index in [0.29, 0.717) is 16.3 Å². The molecule has 0 bridgehead atoms. The number of rotatable bonds is 2. The second-order valence-corrected chi connectivity index (χ2v) is 4.14. The lowest BCUT2D eigenvalue weighted by Crippen LogP contribution is -1.94. The Labute approximate surface area is 107 Å². The second-order valence-electron chi connectivity index (χ2n) is 3.72. The zero-order chi connectivity index (χ0) is 12.5. The quantitative estimate of drug-likeness (QED) is 0.678. The molecule has 0 aromatic carbocycles. The topological polar surface area (TPSA) is 88.1 Å². The van der Waals surface area contributed by atoms with E-state index < -0.39 is 0 Å². The molecule has 0 saturated carbocycles. The van der Waals surface area contributed by atoms with E-state index in [9.17, 15) is 0 Å². The molecule has 0 spiro atoms. The van der Waals surface area contributed by atoms with E-state index in [-0.39, 0.29) is 0 Å². The summed E-state index contributed by atoms with van der Waals surface area (Å²) in [5, 5.41) is 10.7. The zero-order valence-corrected chi connectivity index (χ0v) is 10.3. The molecule has 0 aliphatic heterocycles. The van der Waals surface area contributed by atoms with Crippen LogP contribution >= 0.6 is 12.2 Å². The lowest BCUT2D eigenvalue weighted by Gasteiger charge is -2.01. The average molecular weight is 259 g/mol. The number of aromatic nitrogens is 7. The van der Waals surface area contributed by atoms with Crippen LogP contribution in [0.1, 0.15) is 0 Å². The second kappa shape index (κ2) is 4.15. The number of nitrogens with one attached hydrogen (secondary N) is 2. The number of H-pyrrole nitrogens is 2. The third-order valence-corrected chi connectivity index (χ3v) is 2.61. The average Bonchev–Trinajstić information content (AvgIpc) is 2.98. The molecule has 90 valence electrons. The maximum atomic E-state index is 5.15. The van der Waals surface area contributed by atoms with Crippen LogP contribution in [0.3, 0.4) is 0 Å². The molecule has 2 N–H and O–H groups in total. The van der Waals surface area contributed by atoms with Gasteiger partial charge in [-0.15, -0.1) is 0 Å². The smallest absolute Gasteiger partial charge is 0.191 e. The highest BCUT2D eigenvalue weighted by Gasteiger charge is 2.07. The monoisotopic (exact) mass is 259 g/mol. The van der Waals surface area contributed by atoms with Crippen molar-refractivity contribution < 1.29 is 0 Å². The SMILES string of the molecule is Cn1cc(-c2cc(=S)nc(-c3ncn[nH]3)[nH]2)cn1. The van der Waals surface area contributed by atoms with Crippen molar-refractivity contribution in [3.63, 3.8) is 0 Å². The van der Waals surface area contributed by atoms with E-state index in [0.717, 1.165) is 11.3 Å². The summed E-state index contributed by atoms with van der Waals surface area (Å²) in [6.07, 6.45) is 5.07. The zero-order valence-electron chi connectivity index (χ0n) is 9.45. The first-order valence-corrected chi connectivity index (χ1v) is 5.59. The Morgan fingerprint density at radius 2 is 2.22 bits per heavy atom. The first kappa shape index (κ1) is 10.8. The predicted octanol–water partition coefficient (Wildman–Crippen LogP) is 1.32. The Morgan fingerprint density at radius 3 is 2.89 bits per heavy atom. The van der Waals surface area contributed by atoms with Crippen LogP contribution in [0.5, 0.6) is 0 Å². The van der Waals surface area contributed by atoms with Gasteiger partial charge in [-0.2, -0.15) is 10.2 Å². The summed E-state index contributed by atoms with van der Waals surface area (Å²) in [6, 6.07) is 1.78. The molecular formula is C10H9N7S. The van der Waals surface area contributed by atoms with Gasteiger partial charge in [-0.3, -0.25) is 9.78 Å². The molecule has 3 rings (SSSR count).